The Morgan fingerprint density at radius 3 is 2.00 bits per heavy atom. The Morgan fingerprint density at radius 1 is 1.21 bits per heavy atom. The molecule has 0 fully saturated rings. The van der Waals surface area contributed by atoms with Crippen molar-refractivity contribution in [3.05, 3.63) is 0 Å². The van der Waals surface area contributed by atoms with Crippen molar-refractivity contribution in [1.82, 2.24) is 9.80 Å². The first-order valence-electron chi connectivity index (χ1n) is 4.86. The summed E-state index contributed by atoms with van der Waals surface area (Å²) in [6, 6.07) is 0.236. The van der Waals surface area contributed by atoms with Gasteiger partial charge in [-0.25, -0.2) is 0 Å². The van der Waals surface area contributed by atoms with Crippen LogP contribution in [0.3, 0.4) is 0 Å². The van der Waals surface area contributed by atoms with Gasteiger partial charge in [0.1, 0.15) is 0 Å². The molecule has 0 atom stereocenters. The number of hydrogen-bond donors (Lipinski definition) is 0. The summed E-state index contributed by atoms with van der Waals surface area (Å²) in [5.41, 5.74) is 0. The quantitative estimate of drug-likeness (QED) is 0.614. The molecular formula is C10H20N2O2. The van der Waals surface area contributed by atoms with Gasteiger partial charge in [0.05, 0.1) is 6.54 Å². The SMILES string of the molecule is CC(C)N(C)CC(=O)N(C=O)C(C)C. The van der Waals surface area contributed by atoms with Crippen LogP contribution in [0.25, 0.3) is 0 Å². The molecule has 4 nitrogen and oxygen atoms in total. The van der Waals surface area contributed by atoms with Gasteiger partial charge in [0.15, 0.2) is 0 Å². The summed E-state index contributed by atoms with van der Waals surface area (Å²) < 4.78 is 0. The Labute approximate surface area is 85.9 Å². The second-order valence-electron chi connectivity index (χ2n) is 4.01. The van der Waals surface area contributed by atoms with Crippen molar-refractivity contribution < 1.29 is 9.59 Å². The summed E-state index contributed by atoms with van der Waals surface area (Å²) in [6.07, 6.45) is 0.598. The van der Waals surface area contributed by atoms with E-state index < -0.39 is 0 Å². The van der Waals surface area contributed by atoms with Crippen molar-refractivity contribution >= 4 is 12.3 Å². The van der Waals surface area contributed by atoms with E-state index in [9.17, 15) is 9.59 Å². The second-order valence-corrected chi connectivity index (χ2v) is 4.01. The smallest absolute Gasteiger partial charge is 0.243 e. The molecule has 0 saturated carbocycles. The Morgan fingerprint density at radius 2 is 1.71 bits per heavy atom. The first-order chi connectivity index (χ1) is 6.40. The number of imide groups is 1. The molecule has 0 aliphatic rings. The van der Waals surface area contributed by atoms with Gasteiger partial charge in [-0.3, -0.25) is 19.4 Å². The lowest BCUT2D eigenvalue weighted by Crippen LogP contribution is -2.43. The van der Waals surface area contributed by atoms with Gasteiger partial charge in [0.2, 0.25) is 12.3 Å². The predicted molar refractivity (Wildman–Crippen MR) is 55.8 cm³/mol. The number of nitrogens with zero attached hydrogens (tertiary/aromatic N) is 2. The van der Waals surface area contributed by atoms with Gasteiger partial charge in [0.25, 0.3) is 0 Å². The zero-order valence-corrected chi connectivity index (χ0v) is 9.65. The number of hydrogen-bond acceptors (Lipinski definition) is 3. The molecule has 0 aromatic rings. The van der Waals surface area contributed by atoms with Crippen molar-refractivity contribution in [2.24, 2.45) is 0 Å². The van der Waals surface area contributed by atoms with Crippen LogP contribution in [0, 0.1) is 0 Å². The fourth-order valence-corrected chi connectivity index (χ4v) is 0.946. The summed E-state index contributed by atoms with van der Waals surface area (Å²) in [6.45, 7) is 7.94. The van der Waals surface area contributed by atoms with Crippen LogP contribution in [0.1, 0.15) is 27.7 Å². The van der Waals surface area contributed by atoms with E-state index in [1.807, 2.05) is 39.6 Å². The van der Waals surface area contributed by atoms with Crippen LogP contribution in [0.5, 0.6) is 0 Å². The molecule has 0 aliphatic heterocycles. The molecule has 0 saturated heterocycles. The zero-order chi connectivity index (χ0) is 11.3. The van der Waals surface area contributed by atoms with Gasteiger partial charge in [-0.05, 0) is 34.7 Å². The first-order valence-corrected chi connectivity index (χ1v) is 4.86. The highest BCUT2D eigenvalue weighted by Gasteiger charge is 2.18. The number of carbonyl (C=O) groups is 2. The van der Waals surface area contributed by atoms with Gasteiger partial charge in [-0.1, -0.05) is 0 Å². The van der Waals surface area contributed by atoms with E-state index in [0.717, 1.165) is 0 Å². The molecule has 2 amide bonds. The fraction of sp³-hybridized carbons (Fsp3) is 0.800. The Hall–Kier alpha value is -0.900. The zero-order valence-electron chi connectivity index (χ0n) is 9.65. The van der Waals surface area contributed by atoms with Crippen LogP contribution in [0.4, 0.5) is 0 Å². The topological polar surface area (TPSA) is 40.6 Å². The largest absolute Gasteiger partial charge is 0.295 e. The molecule has 0 N–H and O–H groups in total. The second kappa shape index (κ2) is 5.75. The van der Waals surface area contributed by atoms with Crippen LogP contribution >= 0.6 is 0 Å². The van der Waals surface area contributed by atoms with Gasteiger partial charge < -0.3 is 0 Å². The van der Waals surface area contributed by atoms with Gasteiger partial charge in [0, 0.05) is 12.1 Å². The van der Waals surface area contributed by atoms with E-state index in [4.69, 9.17) is 0 Å². The predicted octanol–water partition coefficient (Wildman–Crippen LogP) is 0.720. The third-order valence-electron chi connectivity index (χ3n) is 2.22. The number of carbonyl (C=O) groups excluding carboxylic acids is 2. The maximum absolute atomic E-state index is 11.6. The van der Waals surface area contributed by atoms with E-state index in [2.05, 4.69) is 0 Å². The van der Waals surface area contributed by atoms with E-state index >= 15 is 0 Å². The van der Waals surface area contributed by atoms with E-state index in [-0.39, 0.29) is 18.5 Å². The van der Waals surface area contributed by atoms with Crippen LogP contribution in [0.15, 0.2) is 0 Å². The minimum absolute atomic E-state index is 0.0689. The van der Waals surface area contributed by atoms with Crippen molar-refractivity contribution in [2.75, 3.05) is 13.6 Å². The first kappa shape index (κ1) is 13.1. The minimum atomic E-state index is -0.147. The van der Waals surface area contributed by atoms with E-state index in [1.165, 1.54) is 4.90 Å². The van der Waals surface area contributed by atoms with Crippen molar-refractivity contribution in [2.45, 2.75) is 39.8 Å². The third-order valence-corrected chi connectivity index (χ3v) is 2.22. The molecule has 0 radical (unpaired) electrons. The van der Waals surface area contributed by atoms with Crippen molar-refractivity contribution in [1.29, 1.82) is 0 Å². The summed E-state index contributed by atoms with van der Waals surface area (Å²) in [4.78, 5) is 25.3. The van der Waals surface area contributed by atoms with Crippen LogP contribution in [-0.2, 0) is 9.59 Å². The monoisotopic (exact) mass is 200 g/mol. The highest BCUT2D eigenvalue weighted by atomic mass is 16.2. The number of amides is 2. The highest BCUT2D eigenvalue weighted by molar-refractivity contribution is 5.87. The molecule has 0 aromatic heterocycles. The fourth-order valence-electron chi connectivity index (χ4n) is 0.946. The number of rotatable bonds is 5. The lowest BCUT2D eigenvalue weighted by molar-refractivity contribution is -0.140. The van der Waals surface area contributed by atoms with E-state index in [0.29, 0.717) is 12.5 Å². The Bertz CT molecular complexity index is 202. The average molecular weight is 200 g/mol. The maximum atomic E-state index is 11.6. The molecule has 0 aliphatic carbocycles. The van der Waals surface area contributed by atoms with Crippen molar-refractivity contribution in [3.8, 4) is 0 Å². The molecule has 82 valence electrons. The summed E-state index contributed by atoms with van der Waals surface area (Å²) in [7, 11) is 1.87. The molecule has 0 heterocycles. The van der Waals surface area contributed by atoms with Gasteiger partial charge in [-0.15, -0.1) is 0 Å². The lowest BCUT2D eigenvalue weighted by atomic mass is 10.3. The molecule has 0 rings (SSSR count). The average Bonchev–Trinajstić information content (AvgIpc) is 2.04. The molecule has 0 aromatic carbocycles. The van der Waals surface area contributed by atoms with Crippen LogP contribution < -0.4 is 0 Å². The highest BCUT2D eigenvalue weighted by Crippen LogP contribution is 1.99. The van der Waals surface area contributed by atoms with Crippen LogP contribution in [-0.4, -0.2) is 47.8 Å². The van der Waals surface area contributed by atoms with Gasteiger partial charge >= 0.3 is 0 Å². The molecule has 0 unspecified atom stereocenters. The summed E-state index contributed by atoms with van der Waals surface area (Å²) >= 11 is 0. The minimum Gasteiger partial charge on any atom is -0.295 e. The van der Waals surface area contributed by atoms with Crippen molar-refractivity contribution in [3.63, 3.8) is 0 Å². The summed E-state index contributed by atoms with van der Waals surface area (Å²) in [5, 5.41) is 0. The lowest BCUT2D eigenvalue weighted by Gasteiger charge is -2.25. The molecule has 14 heavy (non-hydrogen) atoms. The number of likely N-dealkylation sites (N-methyl/N-ethyl adjacent to an activating group) is 1. The maximum Gasteiger partial charge on any atom is 0.243 e. The third kappa shape index (κ3) is 3.87. The Balaban J connectivity index is 4.25. The molecule has 0 spiro atoms. The summed E-state index contributed by atoms with van der Waals surface area (Å²) in [5.74, 6) is -0.147. The molecular weight excluding hydrogens is 180 g/mol. The molecule has 4 heteroatoms. The van der Waals surface area contributed by atoms with Crippen LogP contribution in [0.2, 0.25) is 0 Å². The van der Waals surface area contributed by atoms with E-state index in [1.54, 1.807) is 0 Å². The standard InChI is InChI=1S/C10H20N2O2/c1-8(2)11(5)6-10(14)12(7-13)9(3)4/h7-9H,6H2,1-5H3. The molecule has 0 bridgehead atoms. The van der Waals surface area contributed by atoms with Gasteiger partial charge in [-0.2, -0.15) is 0 Å². The normalized spacial score (nSPS) is 11.1. The Kier molecular flexibility index (Phi) is 5.38.